The molecule has 0 atom stereocenters. The first-order chi connectivity index (χ1) is 7.12. The zero-order valence-corrected chi connectivity index (χ0v) is 8.62. The van der Waals surface area contributed by atoms with Crippen molar-refractivity contribution in [1.82, 2.24) is 15.5 Å². The predicted octanol–water partition coefficient (Wildman–Crippen LogP) is -0.190. The van der Waals surface area contributed by atoms with Crippen LogP contribution in [-0.2, 0) is 5.41 Å². The molecule has 1 amide bonds. The zero-order chi connectivity index (χ0) is 10.9. The molecule has 1 aromatic rings. The average Bonchev–Trinajstić information content (AvgIpc) is 2.68. The van der Waals surface area contributed by atoms with Gasteiger partial charge in [-0.3, -0.25) is 4.79 Å². The number of primary amides is 1. The first-order valence-corrected chi connectivity index (χ1v) is 4.96. The van der Waals surface area contributed by atoms with E-state index in [9.17, 15) is 4.79 Å². The molecule has 1 fully saturated rings. The molecule has 1 aliphatic heterocycles. The Morgan fingerprint density at radius 2 is 2.20 bits per heavy atom. The van der Waals surface area contributed by atoms with Crippen LogP contribution in [-0.4, -0.2) is 29.1 Å². The Kier molecular flexibility index (Phi) is 2.44. The second kappa shape index (κ2) is 3.62. The first-order valence-electron chi connectivity index (χ1n) is 4.96. The molecule has 3 N–H and O–H groups in total. The van der Waals surface area contributed by atoms with Crippen molar-refractivity contribution in [3.05, 3.63) is 11.7 Å². The highest BCUT2D eigenvalue weighted by molar-refractivity contribution is 5.88. The molecule has 0 bridgehead atoms. The molecule has 0 spiro atoms. The molecule has 2 heterocycles. The van der Waals surface area contributed by atoms with E-state index in [0.29, 0.717) is 5.89 Å². The maximum Gasteiger partial charge on any atom is 0.290 e. The summed E-state index contributed by atoms with van der Waals surface area (Å²) in [6.07, 6.45) is 1.85. The normalized spacial score (nSPS) is 20.1. The van der Waals surface area contributed by atoms with Crippen molar-refractivity contribution >= 4 is 5.91 Å². The molecule has 0 saturated carbocycles. The molecule has 6 nitrogen and oxygen atoms in total. The minimum atomic E-state index is -0.650. The summed E-state index contributed by atoms with van der Waals surface area (Å²) in [6, 6.07) is 0. The maximum absolute atomic E-state index is 10.8. The fourth-order valence-corrected chi connectivity index (χ4v) is 1.76. The van der Waals surface area contributed by atoms with Gasteiger partial charge >= 0.3 is 0 Å². The highest BCUT2D eigenvalue weighted by Gasteiger charge is 2.34. The summed E-state index contributed by atoms with van der Waals surface area (Å²) < 4.78 is 5.08. The Labute approximate surface area is 87.2 Å². The van der Waals surface area contributed by atoms with E-state index in [2.05, 4.69) is 22.4 Å². The van der Waals surface area contributed by atoms with Crippen molar-refractivity contribution in [1.29, 1.82) is 0 Å². The number of rotatable bonds is 2. The standard InChI is InChI=1S/C9H14N4O2/c1-9(2-4-11-5-3-9)8-12-7(6(10)14)13-15-8/h11H,2-5H2,1H3,(H2,10,14). The Bertz CT molecular complexity index is 368. The summed E-state index contributed by atoms with van der Waals surface area (Å²) in [6.45, 7) is 3.90. The van der Waals surface area contributed by atoms with Crippen LogP contribution in [0.25, 0.3) is 0 Å². The topological polar surface area (TPSA) is 94.0 Å². The number of nitrogens with two attached hydrogens (primary N) is 1. The molecule has 1 aliphatic rings. The monoisotopic (exact) mass is 210 g/mol. The number of nitrogens with one attached hydrogen (secondary N) is 1. The Hall–Kier alpha value is -1.43. The quantitative estimate of drug-likeness (QED) is 0.705. The van der Waals surface area contributed by atoms with Crippen molar-refractivity contribution < 1.29 is 9.32 Å². The smallest absolute Gasteiger partial charge is 0.290 e. The van der Waals surface area contributed by atoms with Gasteiger partial charge in [0.05, 0.1) is 0 Å². The van der Waals surface area contributed by atoms with Crippen LogP contribution in [0.2, 0.25) is 0 Å². The predicted molar refractivity (Wildman–Crippen MR) is 52.3 cm³/mol. The van der Waals surface area contributed by atoms with E-state index in [-0.39, 0.29) is 11.2 Å². The summed E-state index contributed by atoms with van der Waals surface area (Å²) in [4.78, 5) is 14.9. The summed E-state index contributed by atoms with van der Waals surface area (Å²) in [5, 5.41) is 6.81. The first kappa shape index (κ1) is 10.1. The third-order valence-electron chi connectivity index (χ3n) is 2.87. The summed E-state index contributed by atoms with van der Waals surface area (Å²) in [5.41, 5.74) is 4.93. The lowest BCUT2D eigenvalue weighted by Gasteiger charge is -2.30. The van der Waals surface area contributed by atoms with Gasteiger partial charge in [0.1, 0.15) is 0 Å². The SMILES string of the molecule is CC1(c2nc(C(N)=O)no2)CCNCC1. The number of nitrogens with zero attached hydrogens (tertiary/aromatic N) is 2. The number of piperidine rings is 1. The van der Waals surface area contributed by atoms with Gasteiger partial charge in [-0.25, -0.2) is 0 Å². The second-order valence-electron chi connectivity index (χ2n) is 4.10. The van der Waals surface area contributed by atoms with E-state index >= 15 is 0 Å². The van der Waals surface area contributed by atoms with Crippen LogP contribution in [0.15, 0.2) is 4.52 Å². The lowest BCUT2D eigenvalue weighted by Crippen LogP contribution is -2.38. The summed E-state index contributed by atoms with van der Waals surface area (Å²) in [5.74, 6) is -0.176. The molecule has 6 heteroatoms. The van der Waals surface area contributed by atoms with Crippen LogP contribution in [0.1, 0.15) is 36.3 Å². The van der Waals surface area contributed by atoms with Gasteiger partial charge in [0, 0.05) is 5.41 Å². The van der Waals surface area contributed by atoms with Crippen LogP contribution in [0.3, 0.4) is 0 Å². The Morgan fingerprint density at radius 1 is 1.53 bits per heavy atom. The molecule has 82 valence electrons. The van der Waals surface area contributed by atoms with Gasteiger partial charge in [0.2, 0.25) is 5.89 Å². The average molecular weight is 210 g/mol. The van der Waals surface area contributed by atoms with Gasteiger partial charge in [-0.05, 0) is 25.9 Å². The number of carbonyl (C=O) groups excluding carboxylic acids is 1. The fourth-order valence-electron chi connectivity index (χ4n) is 1.76. The molecular formula is C9H14N4O2. The van der Waals surface area contributed by atoms with Gasteiger partial charge in [-0.15, -0.1) is 0 Å². The molecule has 1 saturated heterocycles. The van der Waals surface area contributed by atoms with Crippen molar-refractivity contribution in [3.63, 3.8) is 0 Å². The van der Waals surface area contributed by atoms with E-state index in [4.69, 9.17) is 10.3 Å². The molecule has 2 rings (SSSR count). The number of carbonyl (C=O) groups is 1. The van der Waals surface area contributed by atoms with Crippen LogP contribution >= 0.6 is 0 Å². The van der Waals surface area contributed by atoms with Crippen molar-refractivity contribution in [2.45, 2.75) is 25.2 Å². The number of hydrogen-bond donors (Lipinski definition) is 2. The van der Waals surface area contributed by atoms with Gasteiger partial charge < -0.3 is 15.6 Å². The highest BCUT2D eigenvalue weighted by atomic mass is 16.5. The van der Waals surface area contributed by atoms with Crippen molar-refractivity contribution in [2.24, 2.45) is 5.73 Å². The van der Waals surface area contributed by atoms with E-state index in [1.807, 2.05) is 0 Å². The largest absolute Gasteiger partial charge is 0.363 e. The van der Waals surface area contributed by atoms with E-state index in [0.717, 1.165) is 25.9 Å². The molecule has 0 unspecified atom stereocenters. The molecule has 0 aliphatic carbocycles. The van der Waals surface area contributed by atoms with E-state index < -0.39 is 5.91 Å². The van der Waals surface area contributed by atoms with E-state index in [1.165, 1.54) is 0 Å². The highest BCUT2D eigenvalue weighted by Crippen LogP contribution is 2.31. The third-order valence-corrected chi connectivity index (χ3v) is 2.87. The summed E-state index contributed by atoms with van der Waals surface area (Å²) >= 11 is 0. The lowest BCUT2D eigenvalue weighted by atomic mass is 9.81. The second-order valence-corrected chi connectivity index (χ2v) is 4.10. The van der Waals surface area contributed by atoms with Crippen LogP contribution in [0.5, 0.6) is 0 Å². The van der Waals surface area contributed by atoms with Gasteiger partial charge in [0.15, 0.2) is 0 Å². The van der Waals surface area contributed by atoms with E-state index in [1.54, 1.807) is 0 Å². The molecule has 0 radical (unpaired) electrons. The van der Waals surface area contributed by atoms with Crippen LogP contribution in [0.4, 0.5) is 0 Å². The van der Waals surface area contributed by atoms with Gasteiger partial charge in [-0.2, -0.15) is 4.98 Å². The van der Waals surface area contributed by atoms with Gasteiger partial charge in [0.25, 0.3) is 11.7 Å². The van der Waals surface area contributed by atoms with Gasteiger partial charge in [-0.1, -0.05) is 12.1 Å². The minimum Gasteiger partial charge on any atom is -0.363 e. The summed E-state index contributed by atoms with van der Waals surface area (Å²) in [7, 11) is 0. The minimum absolute atomic E-state index is 0.0373. The number of hydrogen-bond acceptors (Lipinski definition) is 5. The van der Waals surface area contributed by atoms with Crippen LogP contribution in [0, 0.1) is 0 Å². The molecule has 0 aromatic carbocycles. The van der Waals surface area contributed by atoms with Crippen molar-refractivity contribution in [3.8, 4) is 0 Å². The molecular weight excluding hydrogens is 196 g/mol. The fraction of sp³-hybridized carbons (Fsp3) is 0.667. The molecule has 15 heavy (non-hydrogen) atoms. The molecule has 1 aromatic heterocycles. The zero-order valence-electron chi connectivity index (χ0n) is 8.62. The Balaban J connectivity index is 2.23. The number of aromatic nitrogens is 2. The van der Waals surface area contributed by atoms with Crippen LogP contribution < -0.4 is 11.1 Å². The third kappa shape index (κ3) is 1.85. The Morgan fingerprint density at radius 3 is 2.73 bits per heavy atom. The maximum atomic E-state index is 10.8. The van der Waals surface area contributed by atoms with Crippen molar-refractivity contribution in [2.75, 3.05) is 13.1 Å². The number of amides is 1. The lowest BCUT2D eigenvalue weighted by molar-refractivity contribution is 0.0987.